The molecule has 1 saturated heterocycles. The molecule has 0 unspecified atom stereocenters. The Labute approximate surface area is 170 Å². The average Bonchev–Trinajstić information content (AvgIpc) is 3.31. The van der Waals surface area contributed by atoms with Crippen LogP contribution in [0, 0.1) is 0 Å². The van der Waals surface area contributed by atoms with Gasteiger partial charge >= 0.3 is 0 Å². The number of hydrogen-bond donors (Lipinski definition) is 1. The summed E-state index contributed by atoms with van der Waals surface area (Å²) in [5.74, 6) is -1.000. The molecule has 1 aliphatic heterocycles. The van der Waals surface area contributed by atoms with Crippen LogP contribution in [-0.2, 0) is 16.1 Å². The number of aliphatic hydroxyl groups is 1. The van der Waals surface area contributed by atoms with Crippen LogP contribution in [0.2, 0.25) is 0 Å². The standard InChI is InChI=1S/C22H16BrNO4/c23-16-10-8-14(9-11-16)19-18(20(25)15-5-2-1-3-6-15)21(26)22(27)24(19)13-17-7-4-12-28-17/h1-12,19,25H,13H2/t19-/m0/s1. The van der Waals surface area contributed by atoms with E-state index in [1.807, 2.05) is 30.3 Å². The van der Waals surface area contributed by atoms with E-state index in [-0.39, 0.29) is 17.9 Å². The molecule has 1 N–H and O–H groups in total. The first-order chi connectivity index (χ1) is 13.6. The van der Waals surface area contributed by atoms with E-state index in [9.17, 15) is 14.7 Å². The van der Waals surface area contributed by atoms with E-state index in [1.165, 1.54) is 11.2 Å². The first-order valence-electron chi connectivity index (χ1n) is 8.68. The van der Waals surface area contributed by atoms with Crippen molar-refractivity contribution in [1.29, 1.82) is 0 Å². The van der Waals surface area contributed by atoms with Crippen LogP contribution >= 0.6 is 15.9 Å². The smallest absolute Gasteiger partial charge is 0.296 e. The van der Waals surface area contributed by atoms with Crippen LogP contribution in [0.15, 0.2) is 87.5 Å². The van der Waals surface area contributed by atoms with Gasteiger partial charge in [0.2, 0.25) is 0 Å². The number of carbonyl (C=O) groups excluding carboxylic acids is 2. The van der Waals surface area contributed by atoms with E-state index in [0.717, 1.165) is 10.0 Å². The normalized spacial score (nSPS) is 18.6. The molecule has 0 spiro atoms. The SMILES string of the molecule is O=C1C(=O)N(Cc2ccco2)[C@@H](c2ccc(Br)cc2)C1=C(O)c1ccccc1. The minimum atomic E-state index is -0.710. The summed E-state index contributed by atoms with van der Waals surface area (Å²) in [6, 6.07) is 18.8. The first kappa shape index (κ1) is 18.3. The molecular formula is C22H16BrNO4. The minimum Gasteiger partial charge on any atom is -0.507 e. The summed E-state index contributed by atoms with van der Waals surface area (Å²) in [6.07, 6.45) is 1.52. The quantitative estimate of drug-likeness (QED) is 0.365. The lowest BCUT2D eigenvalue weighted by atomic mass is 9.95. The molecule has 1 aliphatic rings. The zero-order valence-corrected chi connectivity index (χ0v) is 16.3. The number of amides is 1. The zero-order valence-electron chi connectivity index (χ0n) is 14.7. The molecule has 0 saturated carbocycles. The molecule has 2 aromatic carbocycles. The van der Waals surface area contributed by atoms with Crippen LogP contribution in [-0.4, -0.2) is 21.7 Å². The van der Waals surface area contributed by atoms with Crippen LogP contribution in [0.1, 0.15) is 22.9 Å². The van der Waals surface area contributed by atoms with Gasteiger partial charge in [-0.1, -0.05) is 58.4 Å². The van der Waals surface area contributed by atoms with Gasteiger partial charge in [0.25, 0.3) is 11.7 Å². The molecule has 3 aromatic rings. The van der Waals surface area contributed by atoms with Crippen molar-refractivity contribution in [1.82, 2.24) is 4.90 Å². The Hall–Kier alpha value is -3.12. The average molecular weight is 438 g/mol. The van der Waals surface area contributed by atoms with Crippen molar-refractivity contribution >= 4 is 33.4 Å². The van der Waals surface area contributed by atoms with Crippen LogP contribution in [0.4, 0.5) is 0 Å². The Morgan fingerprint density at radius 3 is 2.36 bits per heavy atom. The van der Waals surface area contributed by atoms with E-state index in [4.69, 9.17) is 4.42 Å². The maximum absolute atomic E-state index is 12.9. The third-order valence-corrected chi connectivity index (χ3v) is 5.21. The van der Waals surface area contributed by atoms with Gasteiger partial charge in [-0.2, -0.15) is 0 Å². The number of furan rings is 1. The fourth-order valence-electron chi connectivity index (χ4n) is 3.36. The topological polar surface area (TPSA) is 70.8 Å². The van der Waals surface area contributed by atoms with Crippen molar-refractivity contribution in [3.8, 4) is 0 Å². The Morgan fingerprint density at radius 1 is 1.00 bits per heavy atom. The molecule has 4 rings (SSSR count). The Balaban J connectivity index is 1.86. The number of benzene rings is 2. The Kier molecular flexibility index (Phi) is 4.88. The summed E-state index contributed by atoms with van der Waals surface area (Å²) in [6.45, 7) is 0.129. The fraction of sp³-hybridized carbons (Fsp3) is 0.0909. The van der Waals surface area contributed by atoms with E-state index in [2.05, 4.69) is 15.9 Å². The maximum Gasteiger partial charge on any atom is 0.296 e. The predicted molar refractivity (Wildman–Crippen MR) is 107 cm³/mol. The molecule has 1 aromatic heterocycles. The predicted octanol–water partition coefficient (Wildman–Crippen LogP) is 4.66. The highest BCUT2D eigenvalue weighted by Crippen LogP contribution is 2.40. The van der Waals surface area contributed by atoms with Crippen molar-refractivity contribution in [2.45, 2.75) is 12.6 Å². The van der Waals surface area contributed by atoms with Crippen molar-refractivity contribution in [3.05, 3.63) is 99.9 Å². The molecule has 5 nitrogen and oxygen atoms in total. The Morgan fingerprint density at radius 2 is 1.71 bits per heavy atom. The molecule has 6 heteroatoms. The number of rotatable bonds is 4. The summed E-state index contributed by atoms with van der Waals surface area (Å²) in [4.78, 5) is 27.1. The summed E-state index contributed by atoms with van der Waals surface area (Å²) in [5, 5.41) is 10.9. The third-order valence-electron chi connectivity index (χ3n) is 4.68. The van der Waals surface area contributed by atoms with Crippen LogP contribution in [0.3, 0.4) is 0 Å². The summed E-state index contributed by atoms with van der Waals surface area (Å²) >= 11 is 3.40. The van der Waals surface area contributed by atoms with Crippen LogP contribution < -0.4 is 0 Å². The number of hydrogen-bond acceptors (Lipinski definition) is 4. The van der Waals surface area contributed by atoms with Gasteiger partial charge in [0, 0.05) is 10.0 Å². The number of ketones is 1. The summed E-state index contributed by atoms with van der Waals surface area (Å²) in [5.41, 5.74) is 1.29. The van der Waals surface area contributed by atoms with E-state index >= 15 is 0 Å². The molecule has 1 amide bonds. The van der Waals surface area contributed by atoms with Gasteiger partial charge in [0.05, 0.1) is 24.4 Å². The highest BCUT2D eigenvalue weighted by atomic mass is 79.9. The van der Waals surface area contributed by atoms with Gasteiger partial charge in [0.15, 0.2) is 0 Å². The lowest BCUT2D eigenvalue weighted by Gasteiger charge is -2.24. The van der Waals surface area contributed by atoms with Crippen molar-refractivity contribution < 1.29 is 19.1 Å². The molecule has 28 heavy (non-hydrogen) atoms. The van der Waals surface area contributed by atoms with Gasteiger partial charge in [-0.25, -0.2) is 0 Å². The highest BCUT2D eigenvalue weighted by Gasteiger charge is 2.46. The lowest BCUT2D eigenvalue weighted by molar-refractivity contribution is -0.140. The van der Waals surface area contributed by atoms with Crippen molar-refractivity contribution in [3.63, 3.8) is 0 Å². The highest BCUT2D eigenvalue weighted by molar-refractivity contribution is 9.10. The number of halogens is 1. The second kappa shape index (κ2) is 7.48. The van der Waals surface area contributed by atoms with E-state index in [1.54, 1.807) is 36.4 Å². The van der Waals surface area contributed by atoms with E-state index in [0.29, 0.717) is 11.3 Å². The van der Waals surface area contributed by atoms with Crippen molar-refractivity contribution in [2.75, 3.05) is 0 Å². The Bertz CT molecular complexity index is 1040. The number of aliphatic hydroxyl groups excluding tert-OH is 1. The minimum absolute atomic E-state index is 0.0741. The second-order valence-corrected chi connectivity index (χ2v) is 7.34. The third kappa shape index (κ3) is 3.27. The van der Waals surface area contributed by atoms with Gasteiger partial charge in [0.1, 0.15) is 11.5 Å². The van der Waals surface area contributed by atoms with Gasteiger partial charge < -0.3 is 14.4 Å². The molecule has 0 bridgehead atoms. The van der Waals surface area contributed by atoms with E-state index < -0.39 is 17.7 Å². The molecule has 1 atom stereocenters. The molecule has 0 aliphatic carbocycles. The first-order valence-corrected chi connectivity index (χ1v) is 9.47. The molecule has 2 heterocycles. The summed E-state index contributed by atoms with van der Waals surface area (Å²) in [7, 11) is 0. The van der Waals surface area contributed by atoms with Crippen LogP contribution in [0.25, 0.3) is 5.76 Å². The van der Waals surface area contributed by atoms with Gasteiger partial charge in [-0.05, 0) is 29.8 Å². The molecule has 1 fully saturated rings. The second-order valence-electron chi connectivity index (χ2n) is 6.42. The zero-order chi connectivity index (χ0) is 19.7. The summed E-state index contributed by atoms with van der Waals surface area (Å²) < 4.78 is 6.25. The van der Waals surface area contributed by atoms with Gasteiger partial charge in [-0.15, -0.1) is 0 Å². The molecular weight excluding hydrogens is 422 g/mol. The maximum atomic E-state index is 12.9. The number of likely N-dealkylation sites (tertiary alicyclic amines) is 1. The number of carbonyl (C=O) groups is 2. The lowest BCUT2D eigenvalue weighted by Crippen LogP contribution is -2.29. The van der Waals surface area contributed by atoms with Crippen LogP contribution in [0.5, 0.6) is 0 Å². The fourth-order valence-corrected chi connectivity index (χ4v) is 3.62. The molecule has 0 radical (unpaired) electrons. The largest absolute Gasteiger partial charge is 0.507 e. The van der Waals surface area contributed by atoms with Crippen molar-refractivity contribution in [2.24, 2.45) is 0 Å². The molecule has 140 valence electrons. The number of Topliss-reactive ketones (excluding diaryl/α,β-unsaturated/α-hetero) is 1. The van der Waals surface area contributed by atoms with Gasteiger partial charge in [-0.3, -0.25) is 9.59 Å². The monoisotopic (exact) mass is 437 g/mol. The number of nitrogens with zero attached hydrogens (tertiary/aromatic N) is 1.